The third-order valence-corrected chi connectivity index (χ3v) is 6.60. The first kappa shape index (κ1) is 17.8. The molecule has 0 bridgehead atoms. The molecule has 1 N–H and O–H groups in total. The molecule has 2 aromatic carbocycles. The third-order valence-electron chi connectivity index (χ3n) is 4.76. The summed E-state index contributed by atoms with van der Waals surface area (Å²) in [6, 6.07) is 8.87. The minimum atomic E-state index is -3.80. The fraction of sp³-hybridized carbons (Fsp3) is 0.368. The zero-order valence-corrected chi connectivity index (χ0v) is 15.7. The van der Waals surface area contributed by atoms with E-state index in [0.717, 1.165) is 16.7 Å². The lowest BCUT2D eigenvalue weighted by Gasteiger charge is -2.33. The first-order valence-electron chi connectivity index (χ1n) is 8.22. The third kappa shape index (κ3) is 3.00. The average Bonchev–Trinajstić information content (AvgIpc) is 2.57. The molecule has 0 radical (unpaired) electrons. The number of benzene rings is 2. The van der Waals surface area contributed by atoms with E-state index in [4.69, 9.17) is 4.74 Å². The summed E-state index contributed by atoms with van der Waals surface area (Å²) in [5, 5.41) is 10.3. The highest BCUT2D eigenvalue weighted by atomic mass is 32.2. The van der Waals surface area contributed by atoms with Gasteiger partial charge in [0.05, 0.1) is 18.9 Å². The lowest BCUT2D eigenvalue weighted by atomic mass is 9.99. The molecule has 1 aliphatic heterocycles. The molecule has 134 valence electrons. The van der Waals surface area contributed by atoms with E-state index in [9.17, 15) is 13.5 Å². The molecule has 0 saturated carbocycles. The maximum atomic E-state index is 13.3. The lowest BCUT2D eigenvalue weighted by molar-refractivity contribution is 0.166. The molecule has 0 aliphatic carbocycles. The van der Waals surface area contributed by atoms with Crippen molar-refractivity contribution in [2.75, 3.05) is 18.0 Å². The molecule has 0 amide bonds. The van der Waals surface area contributed by atoms with Crippen LogP contribution in [0.1, 0.15) is 34.8 Å². The average molecular weight is 361 g/mol. The molecule has 0 saturated heterocycles. The Morgan fingerprint density at radius 1 is 1.12 bits per heavy atom. The van der Waals surface area contributed by atoms with Gasteiger partial charge in [-0.15, -0.1) is 0 Å². The van der Waals surface area contributed by atoms with E-state index in [2.05, 4.69) is 0 Å². The van der Waals surface area contributed by atoms with Crippen LogP contribution in [0.25, 0.3) is 0 Å². The number of hydrogen-bond acceptors (Lipinski definition) is 4. The number of aliphatic hydroxyl groups is 1. The van der Waals surface area contributed by atoms with Crippen molar-refractivity contribution < 1.29 is 18.3 Å². The number of fused-ring (bicyclic) bond motifs is 1. The number of rotatable bonds is 3. The first-order chi connectivity index (χ1) is 11.8. The Morgan fingerprint density at radius 3 is 2.48 bits per heavy atom. The van der Waals surface area contributed by atoms with Crippen LogP contribution >= 0.6 is 0 Å². The van der Waals surface area contributed by atoms with Gasteiger partial charge in [-0.2, -0.15) is 0 Å². The van der Waals surface area contributed by atoms with Gasteiger partial charge in [0, 0.05) is 12.1 Å². The van der Waals surface area contributed by atoms with Gasteiger partial charge in [0.2, 0.25) is 0 Å². The Hall–Kier alpha value is -2.05. The highest BCUT2D eigenvalue weighted by Crippen LogP contribution is 2.39. The predicted octanol–water partition coefficient (Wildman–Crippen LogP) is 3.25. The van der Waals surface area contributed by atoms with Gasteiger partial charge in [-0.1, -0.05) is 17.7 Å². The normalized spacial score (nSPS) is 17.3. The fourth-order valence-electron chi connectivity index (χ4n) is 3.18. The molecule has 1 atom stereocenters. The monoisotopic (exact) mass is 361 g/mol. The van der Waals surface area contributed by atoms with Crippen molar-refractivity contribution in [3.05, 3.63) is 52.6 Å². The van der Waals surface area contributed by atoms with Crippen molar-refractivity contribution in [1.82, 2.24) is 0 Å². The zero-order valence-electron chi connectivity index (χ0n) is 14.9. The summed E-state index contributed by atoms with van der Waals surface area (Å²) in [5.74, 6) is 0.336. The van der Waals surface area contributed by atoms with E-state index in [0.29, 0.717) is 23.4 Å². The fourth-order valence-corrected chi connectivity index (χ4v) is 4.91. The molecule has 6 heteroatoms. The van der Waals surface area contributed by atoms with Crippen molar-refractivity contribution in [2.24, 2.45) is 0 Å². The van der Waals surface area contributed by atoms with E-state index >= 15 is 0 Å². The highest BCUT2D eigenvalue weighted by Gasteiger charge is 2.34. The molecule has 1 unspecified atom stereocenters. The standard InChI is InChI=1S/C19H23NO4S/c1-12-5-6-16-15(9-12)17(21)7-8-20(16)25(22,23)19-11-14(3)13(2)10-18(19)24-4/h5-6,9-11,17,21H,7-8H2,1-4H3. The van der Waals surface area contributed by atoms with Crippen molar-refractivity contribution in [3.63, 3.8) is 0 Å². The van der Waals surface area contributed by atoms with Gasteiger partial charge in [0.25, 0.3) is 10.0 Å². The van der Waals surface area contributed by atoms with Crippen LogP contribution in [0.2, 0.25) is 0 Å². The maximum absolute atomic E-state index is 13.3. The van der Waals surface area contributed by atoms with E-state index in [1.54, 1.807) is 18.2 Å². The summed E-state index contributed by atoms with van der Waals surface area (Å²) >= 11 is 0. The van der Waals surface area contributed by atoms with Gasteiger partial charge in [-0.05, 0) is 56.5 Å². The van der Waals surface area contributed by atoms with Crippen LogP contribution < -0.4 is 9.04 Å². The van der Waals surface area contributed by atoms with Crippen molar-refractivity contribution in [3.8, 4) is 5.75 Å². The molecule has 0 spiro atoms. The largest absolute Gasteiger partial charge is 0.495 e. The molecule has 5 nitrogen and oxygen atoms in total. The van der Waals surface area contributed by atoms with Gasteiger partial charge < -0.3 is 9.84 Å². The molecule has 1 heterocycles. The van der Waals surface area contributed by atoms with E-state index in [1.807, 2.05) is 32.9 Å². The molecule has 3 rings (SSSR count). The molecular weight excluding hydrogens is 338 g/mol. The lowest BCUT2D eigenvalue weighted by Crippen LogP contribution is -2.37. The molecule has 2 aromatic rings. The van der Waals surface area contributed by atoms with Gasteiger partial charge >= 0.3 is 0 Å². The Labute approximate surface area is 148 Å². The number of aryl methyl sites for hydroxylation is 3. The van der Waals surface area contributed by atoms with Crippen LogP contribution in [0.4, 0.5) is 5.69 Å². The number of methoxy groups -OCH3 is 1. The van der Waals surface area contributed by atoms with Crippen molar-refractivity contribution in [1.29, 1.82) is 0 Å². The van der Waals surface area contributed by atoms with Gasteiger partial charge in [-0.25, -0.2) is 8.42 Å². The summed E-state index contributed by atoms with van der Waals surface area (Å²) in [6.07, 6.45) is -0.286. The highest BCUT2D eigenvalue weighted by molar-refractivity contribution is 7.93. The topological polar surface area (TPSA) is 66.8 Å². The summed E-state index contributed by atoms with van der Waals surface area (Å²) < 4.78 is 33.4. The van der Waals surface area contributed by atoms with Crippen LogP contribution in [-0.2, 0) is 10.0 Å². The molecule has 25 heavy (non-hydrogen) atoms. The second-order valence-corrected chi connectivity index (χ2v) is 8.36. The second-order valence-electron chi connectivity index (χ2n) is 6.53. The molecule has 0 aromatic heterocycles. The maximum Gasteiger partial charge on any atom is 0.268 e. The smallest absolute Gasteiger partial charge is 0.268 e. The van der Waals surface area contributed by atoms with E-state index in [1.165, 1.54) is 11.4 Å². The number of nitrogens with zero attached hydrogens (tertiary/aromatic N) is 1. The Morgan fingerprint density at radius 2 is 1.80 bits per heavy atom. The van der Waals surface area contributed by atoms with Gasteiger partial charge in [-0.3, -0.25) is 4.31 Å². The van der Waals surface area contributed by atoms with E-state index < -0.39 is 16.1 Å². The number of sulfonamides is 1. The SMILES string of the molecule is COc1cc(C)c(C)cc1S(=O)(=O)N1CCC(O)c2cc(C)ccc21. The molecule has 1 aliphatic rings. The van der Waals surface area contributed by atoms with Gasteiger partial charge in [0.1, 0.15) is 10.6 Å². The summed E-state index contributed by atoms with van der Waals surface area (Å²) in [7, 11) is -2.32. The van der Waals surface area contributed by atoms with Crippen molar-refractivity contribution >= 4 is 15.7 Å². The Bertz CT molecular complexity index is 921. The quantitative estimate of drug-likeness (QED) is 0.911. The summed E-state index contributed by atoms with van der Waals surface area (Å²) in [6.45, 7) is 5.96. The van der Waals surface area contributed by atoms with Crippen LogP contribution in [0.5, 0.6) is 5.75 Å². The Kier molecular flexibility index (Phi) is 4.51. The van der Waals surface area contributed by atoms with Gasteiger partial charge in [0.15, 0.2) is 0 Å². The number of ether oxygens (including phenoxy) is 1. The number of hydrogen-bond donors (Lipinski definition) is 1. The number of anilines is 1. The number of aliphatic hydroxyl groups excluding tert-OH is 1. The first-order valence-corrected chi connectivity index (χ1v) is 9.66. The van der Waals surface area contributed by atoms with Crippen LogP contribution in [0, 0.1) is 20.8 Å². The molecular formula is C19H23NO4S. The second kappa shape index (κ2) is 6.35. The summed E-state index contributed by atoms with van der Waals surface area (Å²) in [4.78, 5) is 0.154. The van der Waals surface area contributed by atoms with Crippen LogP contribution in [-0.4, -0.2) is 27.2 Å². The minimum absolute atomic E-state index is 0.154. The summed E-state index contributed by atoms with van der Waals surface area (Å²) in [5.41, 5.74) is 4.03. The van der Waals surface area contributed by atoms with E-state index in [-0.39, 0.29) is 11.4 Å². The Balaban J connectivity index is 2.17. The van der Waals surface area contributed by atoms with Crippen LogP contribution in [0.15, 0.2) is 35.2 Å². The van der Waals surface area contributed by atoms with Crippen molar-refractivity contribution in [2.45, 2.75) is 38.2 Å². The molecule has 0 fully saturated rings. The minimum Gasteiger partial charge on any atom is -0.495 e. The van der Waals surface area contributed by atoms with Crippen LogP contribution in [0.3, 0.4) is 0 Å². The predicted molar refractivity (Wildman–Crippen MR) is 97.8 cm³/mol. The zero-order chi connectivity index (χ0) is 18.4.